The molecule has 2 atom stereocenters. The standard InChI is InChI=1S/C18H26O/c1-12-6-7-15(10-13(12)2)18(4,5)16-8-9-17(19)14(3)11-16/h6-9,13-14,19H,10-11H2,1-5H3. The van der Waals surface area contributed by atoms with Crippen molar-refractivity contribution >= 4 is 0 Å². The number of aliphatic hydroxyl groups excluding tert-OH is 1. The number of hydrogen-bond donors (Lipinski definition) is 1. The molecule has 0 spiro atoms. The van der Waals surface area contributed by atoms with Crippen molar-refractivity contribution in [2.24, 2.45) is 17.3 Å². The predicted molar refractivity (Wildman–Crippen MR) is 82.0 cm³/mol. The van der Waals surface area contributed by atoms with Gasteiger partial charge in [-0.25, -0.2) is 0 Å². The zero-order chi connectivity index (χ0) is 14.2. The van der Waals surface area contributed by atoms with Gasteiger partial charge in [0.1, 0.15) is 0 Å². The van der Waals surface area contributed by atoms with Gasteiger partial charge in [-0.15, -0.1) is 0 Å². The Labute approximate surface area is 117 Å². The predicted octanol–water partition coefficient (Wildman–Crippen LogP) is 5.33. The van der Waals surface area contributed by atoms with Gasteiger partial charge in [0, 0.05) is 11.3 Å². The molecule has 0 amide bonds. The minimum atomic E-state index is 0.0942. The SMILES string of the molecule is CC1=CC=C(C(C)(C)C2=CC=C(O)C(C)C2)CC1C. The van der Waals surface area contributed by atoms with Gasteiger partial charge in [-0.1, -0.05) is 62.6 Å². The summed E-state index contributed by atoms with van der Waals surface area (Å²) in [6.07, 6.45) is 10.7. The van der Waals surface area contributed by atoms with Crippen molar-refractivity contribution < 1.29 is 5.11 Å². The average molecular weight is 258 g/mol. The summed E-state index contributed by atoms with van der Waals surface area (Å²) >= 11 is 0. The van der Waals surface area contributed by atoms with Crippen LogP contribution in [0.25, 0.3) is 0 Å². The summed E-state index contributed by atoms with van der Waals surface area (Å²) in [6.45, 7) is 11.2. The second-order valence-electron chi connectivity index (χ2n) is 6.72. The Morgan fingerprint density at radius 1 is 0.947 bits per heavy atom. The van der Waals surface area contributed by atoms with E-state index in [0.29, 0.717) is 11.7 Å². The Morgan fingerprint density at radius 2 is 1.47 bits per heavy atom. The third-order valence-electron chi connectivity index (χ3n) is 4.94. The lowest BCUT2D eigenvalue weighted by Gasteiger charge is -2.36. The average Bonchev–Trinajstić information content (AvgIpc) is 2.35. The summed E-state index contributed by atoms with van der Waals surface area (Å²) in [6, 6.07) is 0. The van der Waals surface area contributed by atoms with Gasteiger partial charge in [0.25, 0.3) is 0 Å². The van der Waals surface area contributed by atoms with Crippen LogP contribution in [0.4, 0.5) is 0 Å². The van der Waals surface area contributed by atoms with E-state index in [-0.39, 0.29) is 11.3 Å². The first-order valence-corrected chi connectivity index (χ1v) is 7.30. The molecule has 2 unspecified atom stereocenters. The summed E-state index contributed by atoms with van der Waals surface area (Å²) in [7, 11) is 0. The Balaban J connectivity index is 2.29. The molecule has 0 aromatic heterocycles. The normalized spacial score (nSPS) is 28.3. The summed E-state index contributed by atoms with van der Waals surface area (Å²) in [5, 5.41) is 9.74. The van der Waals surface area contributed by atoms with E-state index in [0.717, 1.165) is 12.8 Å². The first-order chi connectivity index (χ1) is 8.82. The quantitative estimate of drug-likeness (QED) is 0.709. The lowest BCUT2D eigenvalue weighted by Crippen LogP contribution is -2.24. The fourth-order valence-corrected chi connectivity index (χ4v) is 2.94. The van der Waals surface area contributed by atoms with Crippen LogP contribution in [-0.2, 0) is 0 Å². The van der Waals surface area contributed by atoms with Crippen molar-refractivity contribution in [1.29, 1.82) is 0 Å². The van der Waals surface area contributed by atoms with Crippen LogP contribution < -0.4 is 0 Å². The minimum absolute atomic E-state index is 0.0942. The first-order valence-electron chi connectivity index (χ1n) is 7.30. The zero-order valence-electron chi connectivity index (χ0n) is 12.8. The van der Waals surface area contributed by atoms with Crippen LogP contribution in [0, 0.1) is 17.3 Å². The van der Waals surface area contributed by atoms with Crippen molar-refractivity contribution in [2.75, 3.05) is 0 Å². The van der Waals surface area contributed by atoms with Crippen molar-refractivity contribution in [2.45, 2.75) is 47.5 Å². The van der Waals surface area contributed by atoms with Crippen LogP contribution in [0.3, 0.4) is 0 Å². The maximum absolute atomic E-state index is 9.74. The van der Waals surface area contributed by atoms with Crippen molar-refractivity contribution in [1.82, 2.24) is 0 Å². The highest BCUT2D eigenvalue weighted by Gasteiger charge is 2.32. The van der Waals surface area contributed by atoms with Crippen molar-refractivity contribution in [3.63, 3.8) is 0 Å². The first kappa shape index (κ1) is 14.2. The third-order valence-corrected chi connectivity index (χ3v) is 4.94. The molecule has 0 aliphatic heterocycles. The highest BCUT2D eigenvalue weighted by Crippen LogP contribution is 2.44. The number of allylic oxidation sites excluding steroid dienone is 8. The van der Waals surface area contributed by atoms with E-state index in [1.165, 1.54) is 16.7 Å². The summed E-state index contributed by atoms with van der Waals surface area (Å²) in [4.78, 5) is 0. The molecule has 19 heavy (non-hydrogen) atoms. The lowest BCUT2D eigenvalue weighted by molar-refractivity contribution is 0.323. The van der Waals surface area contributed by atoms with Gasteiger partial charge < -0.3 is 5.11 Å². The highest BCUT2D eigenvalue weighted by molar-refractivity contribution is 5.38. The van der Waals surface area contributed by atoms with Gasteiger partial charge >= 0.3 is 0 Å². The van der Waals surface area contributed by atoms with Gasteiger partial charge in [0.2, 0.25) is 0 Å². The molecule has 2 aliphatic carbocycles. The van der Waals surface area contributed by atoms with Crippen LogP contribution in [-0.4, -0.2) is 5.11 Å². The fourth-order valence-electron chi connectivity index (χ4n) is 2.94. The molecule has 0 saturated carbocycles. The smallest absolute Gasteiger partial charge is 0.0953 e. The third kappa shape index (κ3) is 2.70. The molecule has 0 bridgehead atoms. The largest absolute Gasteiger partial charge is 0.512 e. The lowest BCUT2D eigenvalue weighted by atomic mass is 9.68. The summed E-state index contributed by atoms with van der Waals surface area (Å²) in [5.41, 5.74) is 4.52. The van der Waals surface area contributed by atoms with Crippen LogP contribution in [0.15, 0.2) is 46.8 Å². The van der Waals surface area contributed by atoms with Crippen molar-refractivity contribution in [3.05, 3.63) is 46.8 Å². The van der Waals surface area contributed by atoms with E-state index in [1.807, 2.05) is 6.08 Å². The number of hydrogen-bond acceptors (Lipinski definition) is 1. The second kappa shape index (κ2) is 5.03. The molecule has 104 valence electrons. The van der Waals surface area contributed by atoms with E-state index < -0.39 is 0 Å². The number of rotatable bonds is 2. The molecular weight excluding hydrogens is 232 g/mol. The topological polar surface area (TPSA) is 20.2 Å². The molecule has 1 N–H and O–H groups in total. The van der Waals surface area contributed by atoms with Crippen LogP contribution in [0.5, 0.6) is 0 Å². The molecule has 0 heterocycles. The maximum atomic E-state index is 9.74. The van der Waals surface area contributed by atoms with E-state index in [1.54, 1.807) is 0 Å². The molecule has 0 aromatic carbocycles. The monoisotopic (exact) mass is 258 g/mol. The second-order valence-corrected chi connectivity index (χ2v) is 6.72. The molecular formula is C18H26O. The molecule has 1 heteroatoms. The van der Waals surface area contributed by atoms with E-state index in [9.17, 15) is 5.11 Å². The Hall–Kier alpha value is -1.24. The van der Waals surface area contributed by atoms with Gasteiger partial charge in [0.15, 0.2) is 0 Å². The Kier molecular flexibility index (Phi) is 3.75. The molecule has 2 rings (SSSR count). The van der Waals surface area contributed by atoms with Crippen LogP contribution in [0.2, 0.25) is 0 Å². The Bertz CT molecular complexity index is 442. The fraction of sp³-hybridized carbons (Fsp3) is 0.556. The number of aliphatic hydroxyl groups is 1. The molecule has 0 aromatic rings. The van der Waals surface area contributed by atoms with E-state index >= 15 is 0 Å². The maximum Gasteiger partial charge on any atom is 0.0953 e. The Morgan fingerprint density at radius 3 is 2.00 bits per heavy atom. The molecule has 1 nitrogen and oxygen atoms in total. The van der Waals surface area contributed by atoms with E-state index in [2.05, 4.69) is 52.8 Å². The molecule has 2 aliphatic rings. The van der Waals surface area contributed by atoms with E-state index in [4.69, 9.17) is 0 Å². The van der Waals surface area contributed by atoms with Crippen molar-refractivity contribution in [3.8, 4) is 0 Å². The molecule has 0 radical (unpaired) electrons. The van der Waals surface area contributed by atoms with Gasteiger partial charge in [-0.2, -0.15) is 0 Å². The zero-order valence-corrected chi connectivity index (χ0v) is 12.8. The van der Waals surface area contributed by atoms with Crippen LogP contribution in [0.1, 0.15) is 47.5 Å². The van der Waals surface area contributed by atoms with Crippen LogP contribution >= 0.6 is 0 Å². The molecule has 0 fully saturated rings. The summed E-state index contributed by atoms with van der Waals surface area (Å²) < 4.78 is 0. The highest BCUT2D eigenvalue weighted by atomic mass is 16.3. The van der Waals surface area contributed by atoms with Gasteiger partial charge in [-0.05, 0) is 31.8 Å². The van der Waals surface area contributed by atoms with Gasteiger partial charge in [0.05, 0.1) is 5.76 Å². The minimum Gasteiger partial charge on any atom is -0.512 e. The molecule has 0 saturated heterocycles. The summed E-state index contributed by atoms with van der Waals surface area (Å²) in [5.74, 6) is 1.41. The van der Waals surface area contributed by atoms with Gasteiger partial charge in [-0.3, -0.25) is 0 Å².